The fourth-order valence-electron chi connectivity index (χ4n) is 3.14. The van der Waals surface area contributed by atoms with Crippen LogP contribution in [0.3, 0.4) is 0 Å². The van der Waals surface area contributed by atoms with Gasteiger partial charge in [0.1, 0.15) is 5.82 Å². The summed E-state index contributed by atoms with van der Waals surface area (Å²) in [7, 11) is 3.13. The number of nitrogens with one attached hydrogen (secondary N) is 1. The number of ether oxygens (including phenoxy) is 2. The van der Waals surface area contributed by atoms with Gasteiger partial charge in [0, 0.05) is 17.2 Å². The van der Waals surface area contributed by atoms with E-state index in [0.29, 0.717) is 29.3 Å². The standard InChI is InChI=1S/C23H25N3O3/c1-6-7-17-13-18(14-20(28-4)22(17)29-5)23(27)24-21-12-16(3)25-26(21)19-10-8-15(2)9-11-19/h6,8-14H,1,7H2,2-5H3,(H,24,27). The Morgan fingerprint density at radius 3 is 2.48 bits per heavy atom. The predicted octanol–water partition coefficient (Wildman–Crippen LogP) is 4.49. The van der Waals surface area contributed by atoms with Gasteiger partial charge < -0.3 is 14.8 Å². The molecule has 0 spiro atoms. The van der Waals surface area contributed by atoms with E-state index in [-0.39, 0.29) is 5.91 Å². The van der Waals surface area contributed by atoms with Crippen LogP contribution in [0.2, 0.25) is 0 Å². The summed E-state index contributed by atoms with van der Waals surface area (Å²) in [5.41, 5.74) is 4.13. The molecule has 3 rings (SSSR count). The minimum Gasteiger partial charge on any atom is -0.493 e. The predicted molar refractivity (Wildman–Crippen MR) is 114 cm³/mol. The summed E-state index contributed by atoms with van der Waals surface area (Å²) in [4.78, 5) is 13.0. The second kappa shape index (κ2) is 8.65. The topological polar surface area (TPSA) is 65.4 Å². The molecule has 0 fully saturated rings. The zero-order valence-corrected chi connectivity index (χ0v) is 17.2. The summed E-state index contributed by atoms with van der Waals surface area (Å²) in [5.74, 6) is 1.44. The Morgan fingerprint density at radius 2 is 1.86 bits per heavy atom. The molecular formula is C23H25N3O3. The zero-order chi connectivity index (χ0) is 21.0. The van der Waals surface area contributed by atoms with Crippen molar-refractivity contribution in [2.75, 3.05) is 19.5 Å². The average Bonchev–Trinajstić information content (AvgIpc) is 3.08. The van der Waals surface area contributed by atoms with Gasteiger partial charge in [0.15, 0.2) is 11.5 Å². The van der Waals surface area contributed by atoms with E-state index in [0.717, 1.165) is 22.5 Å². The Hall–Kier alpha value is -3.54. The molecule has 6 nitrogen and oxygen atoms in total. The highest BCUT2D eigenvalue weighted by Crippen LogP contribution is 2.33. The number of benzene rings is 2. The molecule has 0 aliphatic carbocycles. The number of aryl methyl sites for hydroxylation is 2. The first kappa shape index (κ1) is 20.2. The molecule has 1 amide bonds. The van der Waals surface area contributed by atoms with Gasteiger partial charge in [-0.1, -0.05) is 23.8 Å². The zero-order valence-electron chi connectivity index (χ0n) is 17.2. The normalized spacial score (nSPS) is 10.5. The van der Waals surface area contributed by atoms with Crippen LogP contribution in [-0.4, -0.2) is 29.9 Å². The molecule has 150 valence electrons. The number of hydrogen-bond acceptors (Lipinski definition) is 4. The Labute approximate surface area is 170 Å². The van der Waals surface area contributed by atoms with Crippen molar-refractivity contribution in [3.8, 4) is 17.2 Å². The van der Waals surface area contributed by atoms with E-state index in [9.17, 15) is 4.79 Å². The maximum absolute atomic E-state index is 13.0. The monoisotopic (exact) mass is 391 g/mol. The number of aromatic nitrogens is 2. The SMILES string of the molecule is C=CCc1cc(C(=O)Nc2cc(C)nn2-c2ccc(C)cc2)cc(OC)c1OC. The second-order valence-corrected chi connectivity index (χ2v) is 6.74. The molecule has 2 aromatic carbocycles. The van der Waals surface area contributed by atoms with Crippen molar-refractivity contribution in [2.45, 2.75) is 20.3 Å². The first-order valence-electron chi connectivity index (χ1n) is 9.27. The molecule has 29 heavy (non-hydrogen) atoms. The first-order valence-corrected chi connectivity index (χ1v) is 9.27. The van der Waals surface area contributed by atoms with E-state index in [1.165, 1.54) is 0 Å². The number of nitrogens with zero attached hydrogens (tertiary/aromatic N) is 2. The average molecular weight is 391 g/mol. The van der Waals surface area contributed by atoms with Crippen LogP contribution in [0, 0.1) is 13.8 Å². The number of rotatable bonds is 7. The van der Waals surface area contributed by atoms with E-state index < -0.39 is 0 Å². The molecule has 0 saturated carbocycles. The summed E-state index contributed by atoms with van der Waals surface area (Å²) in [6, 6.07) is 13.2. The summed E-state index contributed by atoms with van der Waals surface area (Å²) < 4.78 is 12.6. The summed E-state index contributed by atoms with van der Waals surface area (Å²) >= 11 is 0. The molecular weight excluding hydrogens is 366 g/mol. The molecule has 1 N–H and O–H groups in total. The molecule has 0 aliphatic rings. The largest absolute Gasteiger partial charge is 0.493 e. The van der Waals surface area contributed by atoms with Crippen LogP contribution in [0.1, 0.15) is 27.2 Å². The van der Waals surface area contributed by atoms with Gasteiger partial charge in [0.25, 0.3) is 5.91 Å². The lowest BCUT2D eigenvalue weighted by Crippen LogP contribution is -2.16. The fraction of sp³-hybridized carbons (Fsp3) is 0.217. The molecule has 1 heterocycles. The number of amides is 1. The van der Waals surface area contributed by atoms with Crippen LogP contribution >= 0.6 is 0 Å². The van der Waals surface area contributed by atoms with Gasteiger partial charge in [0.2, 0.25) is 0 Å². The highest BCUT2D eigenvalue weighted by Gasteiger charge is 2.18. The van der Waals surface area contributed by atoms with Crippen LogP contribution < -0.4 is 14.8 Å². The van der Waals surface area contributed by atoms with Crippen molar-refractivity contribution in [3.05, 3.63) is 77.5 Å². The number of carbonyl (C=O) groups excluding carboxylic acids is 1. The molecule has 0 bridgehead atoms. The Bertz CT molecular complexity index is 1040. The van der Waals surface area contributed by atoms with Crippen LogP contribution in [0.5, 0.6) is 11.5 Å². The Kier molecular flexibility index (Phi) is 6.02. The highest BCUT2D eigenvalue weighted by molar-refractivity contribution is 6.04. The van der Waals surface area contributed by atoms with Crippen LogP contribution in [0.15, 0.2) is 55.1 Å². The quantitative estimate of drug-likeness (QED) is 0.603. The Morgan fingerprint density at radius 1 is 1.14 bits per heavy atom. The molecule has 0 saturated heterocycles. The third kappa shape index (κ3) is 4.32. The van der Waals surface area contributed by atoms with Gasteiger partial charge >= 0.3 is 0 Å². The van der Waals surface area contributed by atoms with Crippen molar-refractivity contribution in [1.29, 1.82) is 0 Å². The lowest BCUT2D eigenvalue weighted by atomic mass is 10.0. The molecule has 0 atom stereocenters. The Balaban J connectivity index is 1.96. The van der Waals surface area contributed by atoms with E-state index in [1.807, 2.05) is 44.2 Å². The van der Waals surface area contributed by atoms with Crippen molar-refractivity contribution < 1.29 is 14.3 Å². The van der Waals surface area contributed by atoms with Crippen molar-refractivity contribution >= 4 is 11.7 Å². The van der Waals surface area contributed by atoms with Gasteiger partial charge in [0.05, 0.1) is 25.6 Å². The molecule has 6 heteroatoms. The summed E-state index contributed by atoms with van der Waals surface area (Å²) in [6.45, 7) is 7.69. The minimum atomic E-state index is -0.260. The third-order valence-corrected chi connectivity index (χ3v) is 4.53. The van der Waals surface area contributed by atoms with Gasteiger partial charge in [-0.05, 0) is 44.5 Å². The minimum absolute atomic E-state index is 0.260. The van der Waals surface area contributed by atoms with E-state index in [4.69, 9.17) is 9.47 Å². The van der Waals surface area contributed by atoms with E-state index in [1.54, 1.807) is 37.1 Å². The van der Waals surface area contributed by atoms with Gasteiger partial charge in [-0.2, -0.15) is 5.10 Å². The van der Waals surface area contributed by atoms with Gasteiger partial charge in [-0.15, -0.1) is 6.58 Å². The summed E-state index contributed by atoms with van der Waals surface area (Å²) in [6.07, 6.45) is 2.32. The van der Waals surface area contributed by atoms with E-state index >= 15 is 0 Å². The molecule has 3 aromatic rings. The lowest BCUT2D eigenvalue weighted by Gasteiger charge is -2.15. The fourth-order valence-corrected chi connectivity index (χ4v) is 3.14. The van der Waals surface area contributed by atoms with Crippen LogP contribution in [0.4, 0.5) is 5.82 Å². The number of allylic oxidation sites excluding steroid dienone is 1. The highest BCUT2D eigenvalue weighted by atomic mass is 16.5. The molecule has 1 aromatic heterocycles. The van der Waals surface area contributed by atoms with Crippen molar-refractivity contribution in [2.24, 2.45) is 0 Å². The second-order valence-electron chi connectivity index (χ2n) is 6.74. The maximum atomic E-state index is 13.0. The van der Waals surface area contributed by atoms with Crippen molar-refractivity contribution in [3.63, 3.8) is 0 Å². The summed E-state index contributed by atoms with van der Waals surface area (Å²) in [5, 5.41) is 7.47. The van der Waals surface area contributed by atoms with Crippen molar-refractivity contribution in [1.82, 2.24) is 9.78 Å². The number of hydrogen-bond donors (Lipinski definition) is 1. The third-order valence-electron chi connectivity index (χ3n) is 4.53. The first-order chi connectivity index (χ1) is 14.0. The van der Waals surface area contributed by atoms with Gasteiger partial charge in [-0.3, -0.25) is 4.79 Å². The van der Waals surface area contributed by atoms with Crippen LogP contribution in [-0.2, 0) is 6.42 Å². The van der Waals surface area contributed by atoms with E-state index in [2.05, 4.69) is 17.0 Å². The van der Waals surface area contributed by atoms with Crippen LogP contribution in [0.25, 0.3) is 5.69 Å². The maximum Gasteiger partial charge on any atom is 0.256 e. The lowest BCUT2D eigenvalue weighted by molar-refractivity contribution is 0.102. The smallest absolute Gasteiger partial charge is 0.256 e. The number of methoxy groups -OCH3 is 2. The molecule has 0 radical (unpaired) electrons. The molecule has 0 unspecified atom stereocenters. The number of anilines is 1. The van der Waals surface area contributed by atoms with Gasteiger partial charge in [-0.25, -0.2) is 4.68 Å². The number of carbonyl (C=O) groups is 1. The molecule has 0 aliphatic heterocycles.